The first-order valence-corrected chi connectivity index (χ1v) is 5.19. The monoisotopic (exact) mass is 206 g/mol. The highest BCUT2D eigenvalue weighted by molar-refractivity contribution is 5.41. The lowest BCUT2D eigenvalue weighted by atomic mass is 9.99. The molecule has 1 aliphatic rings. The van der Waals surface area contributed by atoms with Gasteiger partial charge in [-0.15, -0.1) is 0 Å². The first-order chi connectivity index (χ1) is 7.20. The summed E-state index contributed by atoms with van der Waals surface area (Å²) < 4.78 is 0. The first-order valence-electron chi connectivity index (χ1n) is 5.19. The Morgan fingerprint density at radius 1 is 1.47 bits per heavy atom. The molecule has 4 nitrogen and oxygen atoms in total. The summed E-state index contributed by atoms with van der Waals surface area (Å²) in [5, 5.41) is 10.6. The van der Waals surface area contributed by atoms with E-state index in [9.17, 15) is 10.1 Å². The number of likely N-dealkylation sites (N-methyl/N-ethyl adjacent to an activating group) is 1. The van der Waals surface area contributed by atoms with Crippen LogP contribution in [0.3, 0.4) is 0 Å². The molecular formula is C11H14N2O2. The maximum absolute atomic E-state index is 10.6. The van der Waals surface area contributed by atoms with Gasteiger partial charge >= 0.3 is 0 Å². The van der Waals surface area contributed by atoms with Crippen LogP contribution in [0.1, 0.15) is 18.1 Å². The van der Waals surface area contributed by atoms with Gasteiger partial charge in [0.05, 0.1) is 4.92 Å². The van der Waals surface area contributed by atoms with Crippen LogP contribution in [-0.4, -0.2) is 22.9 Å². The summed E-state index contributed by atoms with van der Waals surface area (Å²) in [6, 6.07) is 5.19. The lowest BCUT2D eigenvalue weighted by Crippen LogP contribution is -2.30. The molecule has 0 aromatic heterocycles. The number of benzene rings is 1. The molecule has 0 saturated carbocycles. The number of fused-ring (bicyclic) bond motifs is 1. The van der Waals surface area contributed by atoms with Crippen LogP contribution in [0.5, 0.6) is 0 Å². The maximum Gasteiger partial charge on any atom is 0.269 e. The first kappa shape index (κ1) is 10.1. The van der Waals surface area contributed by atoms with Crippen LogP contribution in [0.25, 0.3) is 0 Å². The fourth-order valence-corrected chi connectivity index (χ4v) is 1.98. The number of nitro groups is 1. The maximum atomic E-state index is 10.6. The Labute approximate surface area is 88.7 Å². The van der Waals surface area contributed by atoms with E-state index in [2.05, 4.69) is 11.8 Å². The lowest BCUT2D eigenvalue weighted by molar-refractivity contribution is -0.384. The lowest BCUT2D eigenvalue weighted by Gasteiger charge is -2.27. The molecule has 0 N–H and O–H groups in total. The van der Waals surface area contributed by atoms with Crippen molar-refractivity contribution in [3.05, 3.63) is 39.4 Å². The summed E-state index contributed by atoms with van der Waals surface area (Å²) in [6.45, 7) is 5.10. The van der Waals surface area contributed by atoms with Gasteiger partial charge in [0, 0.05) is 25.2 Å². The molecule has 0 saturated heterocycles. The Morgan fingerprint density at radius 3 is 2.93 bits per heavy atom. The number of rotatable bonds is 2. The van der Waals surface area contributed by atoms with Crippen molar-refractivity contribution in [3.8, 4) is 0 Å². The molecule has 1 aliphatic heterocycles. The molecule has 0 aliphatic carbocycles. The zero-order chi connectivity index (χ0) is 10.8. The second kappa shape index (κ2) is 3.98. The van der Waals surface area contributed by atoms with Gasteiger partial charge in [-0.3, -0.25) is 15.0 Å². The van der Waals surface area contributed by atoms with Crippen molar-refractivity contribution in [3.63, 3.8) is 0 Å². The Bertz CT molecular complexity index is 390. The van der Waals surface area contributed by atoms with E-state index in [1.54, 1.807) is 12.1 Å². The van der Waals surface area contributed by atoms with Gasteiger partial charge in [-0.2, -0.15) is 0 Å². The smallest absolute Gasteiger partial charge is 0.269 e. The van der Waals surface area contributed by atoms with E-state index in [0.29, 0.717) is 0 Å². The Kier molecular flexibility index (Phi) is 2.68. The summed E-state index contributed by atoms with van der Waals surface area (Å²) in [4.78, 5) is 12.6. The summed E-state index contributed by atoms with van der Waals surface area (Å²) in [7, 11) is 0. The molecule has 15 heavy (non-hydrogen) atoms. The highest BCUT2D eigenvalue weighted by Gasteiger charge is 2.17. The third-order valence-electron chi connectivity index (χ3n) is 2.94. The summed E-state index contributed by atoms with van der Waals surface area (Å²) >= 11 is 0. The summed E-state index contributed by atoms with van der Waals surface area (Å²) in [6.07, 6.45) is 0.921. The van der Waals surface area contributed by atoms with Crippen molar-refractivity contribution < 1.29 is 4.92 Å². The minimum atomic E-state index is -0.327. The second-order valence-electron chi connectivity index (χ2n) is 3.83. The Morgan fingerprint density at radius 2 is 2.27 bits per heavy atom. The second-order valence-corrected chi connectivity index (χ2v) is 3.83. The quantitative estimate of drug-likeness (QED) is 0.549. The molecule has 1 heterocycles. The molecule has 0 amide bonds. The molecule has 1 aromatic rings. The number of hydrogen-bond acceptors (Lipinski definition) is 3. The predicted octanol–water partition coefficient (Wildman–Crippen LogP) is 1.97. The van der Waals surface area contributed by atoms with Gasteiger partial charge < -0.3 is 0 Å². The van der Waals surface area contributed by atoms with Crippen LogP contribution in [0.2, 0.25) is 0 Å². The number of nitro benzene ring substituents is 1. The summed E-state index contributed by atoms with van der Waals surface area (Å²) in [5.41, 5.74) is 2.57. The van der Waals surface area contributed by atoms with Crippen LogP contribution in [0.4, 0.5) is 5.69 Å². The van der Waals surface area contributed by atoms with E-state index in [4.69, 9.17) is 0 Å². The zero-order valence-electron chi connectivity index (χ0n) is 8.77. The van der Waals surface area contributed by atoms with Gasteiger partial charge in [0.2, 0.25) is 0 Å². The minimum Gasteiger partial charge on any atom is -0.299 e. The van der Waals surface area contributed by atoms with Gasteiger partial charge in [-0.25, -0.2) is 0 Å². The molecule has 0 unspecified atom stereocenters. The average Bonchev–Trinajstić information content (AvgIpc) is 2.27. The Balaban J connectivity index is 2.28. The Hall–Kier alpha value is -1.42. The normalized spacial score (nSPS) is 16.1. The van der Waals surface area contributed by atoms with Gasteiger partial charge in [-0.1, -0.05) is 13.0 Å². The average molecular weight is 206 g/mol. The largest absolute Gasteiger partial charge is 0.299 e. The van der Waals surface area contributed by atoms with Crippen LogP contribution in [0, 0.1) is 10.1 Å². The van der Waals surface area contributed by atoms with Gasteiger partial charge in [0.15, 0.2) is 0 Å². The molecule has 0 atom stereocenters. The fourth-order valence-electron chi connectivity index (χ4n) is 1.98. The summed E-state index contributed by atoms with van der Waals surface area (Å²) in [5.74, 6) is 0. The van der Waals surface area contributed by atoms with Crippen molar-refractivity contribution in [1.82, 2.24) is 4.90 Å². The number of hydrogen-bond donors (Lipinski definition) is 0. The molecule has 0 radical (unpaired) electrons. The van der Waals surface area contributed by atoms with Crippen LogP contribution in [-0.2, 0) is 13.0 Å². The standard InChI is InChI=1S/C11H14N2O2/c1-2-12-6-5-9-7-11(13(14)15)4-3-10(9)8-12/h3-4,7H,2,5-6,8H2,1H3. The molecule has 0 bridgehead atoms. The molecule has 0 fully saturated rings. The molecule has 0 spiro atoms. The van der Waals surface area contributed by atoms with Gasteiger partial charge in [0.25, 0.3) is 5.69 Å². The van der Waals surface area contributed by atoms with E-state index >= 15 is 0 Å². The van der Waals surface area contributed by atoms with Gasteiger partial charge in [-0.05, 0) is 24.1 Å². The molecule has 80 valence electrons. The molecule has 4 heteroatoms. The van der Waals surface area contributed by atoms with E-state index in [1.807, 2.05) is 6.07 Å². The number of non-ortho nitro benzene ring substituents is 1. The van der Waals surface area contributed by atoms with Crippen LogP contribution < -0.4 is 0 Å². The molecule has 1 aromatic carbocycles. The van der Waals surface area contributed by atoms with E-state index < -0.39 is 0 Å². The van der Waals surface area contributed by atoms with Crippen molar-refractivity contribution in [1.29, 1.82) is 0 Å². The van der Waals surface area contributed by atoms with Crippen LogP contribution >= 0.6 is 0 Å². The zero-order valence-corrected chi connectivity index (χ0v) is 8.77. The third-order valence-corrected chi connectivity index (χ3v) is 2.94. The predicted molar refractivity (Wildman–Crippen MR) is 57.8 cm³/mol. The van der Waals surface area contributed by atoms with Crippen LogP contribution in [0.15, 0.2) is 18.2 Å². The van der Waals surface area contributed by atoms with E-state index in [0.717, 1.165) is 31.6 Å². The van der Waals surface area contributed by atoms with Crippen molar-refractivity contribution in [2.24, 2.45) is 0 Å². The molecular weight excluding hydrogens is 192 g/mol. The third kappa shape index (κ3) is 1.99. The minimum absolute atomic E-state index is 0.207. The molecule has 2 rings (SSSR count). The SMILES string of the molecule is CCN1CCc2cc([N+](=O)[O-])ccc2C1. The van der Waals surface area contributed by atoms with Crippen molar-refractivity contribution in [2.45, 2.75) is 19.9 Å². The number of nitrogens with zero attached hydrogens (tertiary/aromatic N) is 2. The topological polar surface area (TPSA) is 46.4 Å². The van der Waals surface area contributed by atoms with E-state index in [1.165, 1.54) is 5.56 Å². The highest BCUT2D eigenvalue weighted by atomic mass is 16.6. The van der Waals surface area contributed by atoms with Gasteiger partial charge in [0.1, 0.15) is 0 Å². The van der Waals surface area contributed by atoms with Crippen molar-refractivity contribution >= 4 is 5.69 Å². The fraction of sp³-hybridized carbons (Fsp3) is 0.455. The highest BCUT2D eigenvalue weighted by Crippen LogP contribution is 2.23. The van der Waals surface area contributed by atoms with Crippen molar-refractivity contribution in [2.75, 3.05) is 13.1 Å². The van der Waals surface area contributed by atoms with E-state index in [-0.39, 0.29) is 10.6 Å².